The predicted molar refractivity (Wildman–Crippen MR) is 71.3 cm³/mol. The number of halogens is 2. The molecule has 1 aromatic carbocycles. The van der Waals surface area contributed by atoms with Gasteiger partial charge in [0.2, 0.25) is 0 Å². The minimum Gasteiger partial charge on any atom is -0.258 e. The molecule has 1 aliphatic rings. The second kappa shape index (κ2) is 5.91. The molecule has 7 heteroatoms. The molecule has 0 saturated carbocycles. The van der Waals surface area contributed by atoms with Gasteiger partial charge in [-0.15, -0.1) is 4.91 Å². The van der Waals surface area contributed by atoms with Crippen molar-refractivity contribution in [1.29, 1.82) is 0 Å². The van der Waals surface area contributed by atoms with Crippen LogP contribution in [-0.4, -0.2) is 35.5 Å². The standard InChI is InChI=1S/C10H11Cl2N3OS/c11-9-2-1-8(7-10(9)12)17-15-5-3-14(13-16)4-6-15/h1-2,7H,3-6H2. The van der Waals surface area contributed by atoms with Gasteiger partial charge in [-0.05, 0) is 30.1 Å². The maximum absolute atomic E-state index is 10.3. The Bertz CT molecular complexity index is 411. The lowest BCUT2D eigenvalue weighted by molar-refractivity contribution is 0.201. The smallest absolute Gasteiger partial charge is 0.0603 e. The number of nitroso groups, excluding NO2 is 1. The van der Waals surface area contributed by atoms with E-state index in [1.807, 2.05) is 12.1 Å². The van der Waals surface area contributed by atoms with E-state index in [2.05, 4.69) is 9.59 Å². The fourth-order valence-corrected chi connectivity index (χ4v) is 2.84. The minimum absolute atomic E-state index is 0.560. The molecule has 0 N–H and O–H groups in total. The first-order valence-corrected chi connectivity index (χ1v) is 6.68. The second-order valence-electron chi connectivity index (χ2n) is 3.63. The van der Waals surface area contributed by atoms with Gasteiger partial charge in [0.1, 0.15) is 0 Å². The maximum Gasteiger partial charge on any atom is 0.0603 e. The van der Waals surface area contributed by atoms with Gasteiger partial charge in [0.25, 0.3) is 0 Å². The van der Waals surface area contributed by atoms with Gasteiger partial charge in [-0.1, -0.05) is 23.2 Å². The third kappa shape index (κ3) is 3.48. The highest BCUT2D eigenvalue weighted by Crippen LogP contribution is 2.30. The lowest BCUT2D eigenvalue weighted by atomic mass is 10.4. The van der Waals surface area contributed by atoms with E-state index in [1.165, 1.54) is 5.01 Å². The first-order chi connectivity index (χ1) is 8.19. The van der Waals surface area contributed by atoms with Gasteiger partial charge in [-0.25, -0.2) is 4.31 Å². The molecule has 17 heavy (non-hydrogen) atoms. The molecule has 0 spiro atoms. The normalized spacial score (nSPS) is 17.2. The van der Waals surface area contributed by atoms with Crippen molar-refractivity contribution in [3.63, 3.8) is 0 Å². The third-order valence-corrected chi connectivity index (χ3v) is 4.28. The molecule has 1 saturated heterocycles. The van der Waals surface area contributed by atoms with E-state index < -0.39 is 0 Å². The third-order valence-electron chi connectivity index (χ3n) is 2.46. The summed E-state index contributed by atoms with van der Waals surface area (Å²) < 4.78 is 2.18. The Morgan fingerprint density at radius 1 is 1.12 bits per heavy atom. The molecule has 0 aliphatic carbocycles. The first-order valence-electron chi connectivity index (χ1n) is 5.15. The Morgan fingerprint density at radius 3 is 2.41 bits per heavy atom. The highest BCUT2D eigenvalue weighted by Gasteiger charge is 2.17. The molecular formula is C10H11Cl2N3OS. The van der Waals surface area contributed by atoms with Crippen molar-refractivity contribution in [1.82, 2.24) is 9.31 Å². The van der Waals surface area contributed by atoms with Gasteiger partial charge in [0.05, 0.1) is 28.4 Å². The van der Waals surface area contributed by atoms with Crippen molar-refractivity contribution in [2.75, 3.05) is 26.2 Å². The van der Waals surface area contributed by atoms with Crippen LogP contribution in [0, 0.1) is 4.91 Å². The Hall–Kier alpha value is -0.490. The quantitative estimate of drug-likeness (QED) is 0.632. The van der Waals surface area contributed by atoms with Crippen molar-refractivity contribution in [3.05, 3.63) is 33.2 Å². The zero-order valence-corrected chi connectivity index (χ0v) is 11.3. The average molecular weight is 292 g/mol. The van der Waals surface area contributed by atoms with E-state index in [1.54, 1.807) is 18.0 Å². The summed E-state index contributed by atoms with van der Waals surface area (Å²) in [6.07, 6.45) is 0. The van der Waals surface area contributed by atoms with E-state index in [-0.39, 0.29) is 0 Å². The molecule has 4 nitrogen and oxygen atoms in total. The van der Waals surface area contributed by atoms with Crippen LogP contribution >= 0.6 is 35.1 Å². The molecule has 0 atom stereocenters. The molecule has 0 aromatic heterocycles. The van der Waals surface area contributed by atoms with Crippen molar-refractivity contribution in [2.45, 2.75) is 4.90 Å². The summed E-state index contributed by atoms with van der Waals surface area (Å²) >= 11 is 13.4. The van der Waals surface area contributed by atoms with E-state index in [0.717, 1.165) is 18.0 Å². The van der Waals surface area contributed by atoms with Gasteiger partial charge < -0.3 is 0 Å². The molecule has 0 bridgehead atoms. The summed E-state index contributed by atoms with van der Waals surface area (Å²) in [6, 6.07) is 5.57. The van der Waals surface area contributed by atoms with E-state index >= 15 is 0 Å². The largest absolute Gasteiger partial charge is 0.258 e. The SMILES string of the molecule is O=NN1CCN(Sc2ccc(Cl)c(Cl)c2)CC1. The van der Waals surface area contributed by atoms with Crippen LogP contribution in [0.15, 0.2) is 28.4 Å². The van der Waals surface area contributed by atoms with Crippen LogP contribution in [0.25, 0.3) is 0 Å². The Balaban J connectivity index is 1.93. The number of hydrogen-bond donors (Lipinski definition) is 0. The Labute approximate surface area is 114 Å². The molecule has 2 rings (SSSR count). The molecule has 1 fully saturated rings. The predicted octanol–water partition coefficient (Wildman–Crippen LogP) is 3.30. The van der Waals surface area contributed by atoms with Crippen LogP contribution in [0.1, 0.15) is 0 Å². The lowest BCUT2D eigenvalue weighted by Gasteiger charge is -2.30. The van der Waals surface area contributed by atoms with Gasteiger partial charge in [-0.2, -0.15) is 0 Å². The van der Waals surface area contributed by atoms with E-state index in [9.17, 15) is 4.91 Å². The van der Waals surface area contributed by atoms with Gasteiger partial charge in [0.15, 0.2) is 0 Å². The maximum atomic E-state index is 10.3. The molecule has 92 valence electrons. The highest BCUT2D eigenvalue weighted by molar-refractivity contribution is 7.97. The number of hydrogen-bond acceptors (Lipinski definition) is 4. The van der Waals surface area contributed by atoms with Gasteiger partial charge >= 0.3 is 0 Å². The molecule has 1 aliphatic heterocycles. The van der Waals surface area contributed by atoms with Crippen LogP contribution in [-0.2, 0) is 0 Å². The molecule has 1 aromatic rings. The molecule has 0 amide bonds. The fourth-order valence-electron chi connectivity index (χ4n) is 1.53. The van der Waals surface area contributed by atoms with Crippen LogP contribution in [0.4, 0.5) is 0 Å². The first kappa shape index (κ1) is 13.0. The lowest BCUT2D eigenvalue weighted by Crippen LogP contribution is -2.40. The fraction of sp³-hybridized carbons (Fsp3) is 0.400. The van der Waals surface area contributed by atoms with Crippen molar-refractivity contribution in [2.24, 2.45) is 5.29 Å². The minimum atomic E-state index is 0.560. The zero-order valence-electron chi connectivity index (χ0n) is 8.97. The van der Waals surface area contributed by atoms with Crippen LogP contribution in [0.5, 0.6) is 0 Å². The van der Waals surface area contributed by atoms with Crippen LogP contribution in [0.3, 0.4) is 0 Å². The molecular weight excluding hydrogens is 281 g/mol. The Morgan fingerprint density at radius 2 is 1.82 bits per heavy atom. The summed E-state index contributed by atoms with van der Waals surface area (Å²) in [6.45, 7) is 2.93. The molecule has 0 radical (unpaired) electrons. The summed E-state index contributed by atoms with van der Waals surface area (Å²) in [4.78, 5) is 11.4. The van der Waals surface area contributed by atoms with Crippen molar-refractivity contribution >= 4 is 35.1 Å². The highest BCUT2D eigenvalue weighted by atomic mass is 35.5. The summed E-state index contributed by atoms with van der Waals surface area (Å²) in [7, 11) is 0. The molecule has 0 unspecified atom stereocenters. The zero-order chi connectivity index (χ0) is 12.3. The topological polar surface area (TPSA) is 35.9 Å². The number of piperazine rings is 1. The summed E-state index contributed by atoms with van der Waals surface area (Å²) in [5.74, 6) is 0. The summed E-state index contributed by atoms with van der Waals surface area (Å²) in [5.41, 5.74) is 0. The van der Waals surface area contributed by atoms with Gasteiger partial charge in [-0.3, -0.25) is 5.01 Å². The van der Waals surface area contributed by atoms with Crippen LogP contribution in [0.2, 0.25) is 10.0 Å². The number of rotatable bonds is 3. The van der Waals surface area contributed by atoms with E-state index in [0.29, 0.717) is 23.1 Å². The Kier molecular flexibility index (Phi) is 4.50. The number of benzene rings is 1. The second-order valence-corrected chi connectivity index (χ2v) is 5.62. The van der Waals surface area contributed by atoms with E-state index in [4.69, 9.17) is 23.2 Å². The summed E-state index contributed by atoms with van der Waals surface area (Å²) in [5, 5.41) is 5.58. The average Bonchev–Trinajstić information content (AvgIpc) is 2.35. The van der Waals surface area contributed by atoms with Crippen LogP contribution < -0.4 is 0 Å². The van der Waals surface area contributed by atoms with Gasteiger partial charge in [0, 0.05) is 18.0 Å². The number of nitrogens with zero attached hydrogens (tertiary/aromatic N) is 3. The van der Waals surface area contributed by atoms with Crippen molar-refractivity contribution < 1.29 is 0 Å². The monoisotopic (exact) mass is 291 g/mol. The van der Waals surface area contributed by atoms with Crippen molar-refractivity contribution in [3.8, 4) is 0 Å². The molecule has 1 heterocycles.